The number of carboxylic acid groups (broad SMARTS) is 1. The molecule has 0 bridgehead atoms. The van der Waals surface area contributed by atoms with E-state index >= 15 is 0 Å². The lowest BCUT2D eigenvalue weighted by molar-refractivity contribution is 0.0978. The highest BCUT2D eigenvalue weighted by molar-refractivity contribution is 6.30. The van der Waals surface area contributed by atoms with E-state index in [2.05, 4.69) is 4.98 Å². The Labute approximate surface area is 114 Å². The van der Waals surface area contributed by atoms with Crippen molar-refractivity contribution in [1.82, 2.24) is 4.98 Å². The van der Waals surface area contributed by atoms with Gasteiger partial charge in [0.05, 0.1) is 10.7 Å². The standard InChI is InChI=1S/C13H9ClN2O3/c14-9-6-7-11(15-8-9)12(17)16(13(18)19)10-4-2-1-3-5-10/h1-8H,(H,18,19). The molecular weight excluding hydrogens is 268 g/mol. The van der Waals surface area contributed by atoms with Crippen molar-refractivity contribution in [2.45, 2.75) is 0 Å². The summed E-state index contributed by atoms with van der Waals surface area (Å²) < 4.78 is 0. The van der Waals surface area contributed by atoms with E-state index in [0.29, 0.717) is 9.92 Å². The van der Waals surface area contributed by atoms with Crippen LogP contribution in [0.15, 0.2) is 48.7 Å². The first kappa shape index (κ1) is 13.0. The number of hydrogen-bond donors (Lipinski definition) is 1. The van der Waals surface area contributed by atoms with Gasteiger partial charge in [0.1, 0.15) is 5.69 Å². The quantitative estimate of drug-likeness (QED) is 0.915. The summed E-state index contributed by atoms with van der Waals surface area (Å²) in [4.78, 5) is 27.8. The molecule has 0 atom stereocenters. The molecular formula is C13H9ClN2O3. The summed E-state index contributed by atoms with van der Waals surface area (Å²) in [6, 6.07) is 10.9. The van der Waals surface area contributed by atoms with Crippen LogP contribution in [-0.4, -0.2) is 22.1 Å². The first-order chi connectivity index (χ1) is 9.09. The fourth-order valence-corrected chi connectivity index (χ4v) is 1.62. The number of anilines is 1. The maximum absolute atomic E-state index is 12.1. The molecule has 0 fully saturated rings. The van der Waals surface area contributed by atoms with Gasteiger partial charge in [0, 0.05) is 6.20 Å². The van der Waals surface area contributed by atoms with Gasteiger partial charge in [-0.3, -0.25) is 4.79 Å². The number of carbonyl (C=O) groups is 2. The molecule has 0 spiro atoms. The van der Waals surface area contributed by atoms with Crippen LogP contribution in [0.4, 0.5) is 10.5 Å². The van der Waals surface area contributed by atoms with E-state index < -0.39 is 12.0 Å². The fourth-order valence-electron chi connectivity index (χ4n) is 1.51. The minimum Gasteiger partial charge on any atom is -0.464 e. The van der Waals surface area contributed by atoms with E-state index in [-0.39, 0.29) is 11.4 Å². The molecule has 0 aliphatic rings. The molecule has 1 aromatic carbocycles. The highest BCUT2D eigenvalue weighted by Gasteiger charge is 2.24. The average Bonchev–Trinajstić information content (AvgIpc) is 2.40. The van der Waals surface area contributed by atoms with Gasteiger partial charge < -0.3 is 5.11 Å². The second-order valence-electron chi connectivity index (χ2n) is 3.62. The van der Waals surface area contributed by atoms with E-state index in [9.17, 15) is 9.59 Å². The molecule has 2 rings (SSSR count). The van der Waals surface area contributed by atoms with E-state index in [4.69, 9.17) is 16.7 Å². The SMILES string of the molecule is O=C(O)N(C(=O)c1ccc(Cl)cn1)c1ccccc1. The monoisotopic (exact) mass is 276 g/mol. The summed E-state index contributed by atoms with van der Waals surface area (Å²) in [5, 5.41) is 9.54. The normalized spacial score (nSPS) is 9.95. The molecule has 1 aromatic heterocycles. The van der Waals surface area contributed by atoms with Crippen molar-refractivity contribution < 1.29 is 14.7 Å². The van der Waals surface area contributed by atoms with Crippen molar-refractivity contribution in [1.29, 1.82) is 0 Å². The van der Waals surface area contributed by atoms with Crippen molar-refractivity contribution in [2.75, 3.05) is 4.90 Å². The van der Waals surface area contributed by atoms with Crippen LogP contribution in [0.2, 0.25) is 5.02 Å². The third-order valence-electron chi connectivity index (χ3n) is 2.36. The average molecular weight is 277 g/mol. The number of benzene rings is 1. The Bertz CT molecular complexity index is 599. The van der Waals surface area contributed by atoms with Gasteiger partial charge in [-0.25, -0.2) is 14.7 Å². The molecule has 0 radical (unpaired) electrons. The van der Waals surface area contributed by atoms with Gasteiger partial charge in [-0.1, -0.05) is 29.8 Å². The topological polar surface area (TPSA) is 70.5 Å². The Morgan fingerprint density at radius 1 is 1.11 bits per heavy atom. The number of aromatic nitrogens is 1. The molecule has 0 unspecified atom stereocenters. The molecule has 0 saturated heterocycles. The number of rotatable bonds is 2. The minimum atomic E-state index is -1.37. The minimum absolute atomic E-state index is 0.00986. The molecule has 0 aliphatic heterocycles. The zero-order valence-electron chi connectivity index (χ0n) is 9.65. The van der Waals surface area contributed by atoms with Crippen molar-refractivity contribution in [2.24, 2.45) is 0 Å². The van der Waals surface area contributed by atoms with Crippen LogP contribution in [0.25, 0.3) is 0 Å². The Balaban J connectivity index is 2.38. The smallest absolute Gasteiger partial charge is 0.419 e. The summed E-state index contributed by atoms with van der Waals surface area (Å²) >= 11 is 5.67. The molecule has 19 heavy (non-hydrogen) atoms. The number of carbonyl (C=O) groups excluding carboxylic acids is 1. The number of nitrogens with zero attached hydrogens (tertiary/aromatic N) is 2. The maximum atomic E-state index is 12.1. The third kappa shape index (κ3) is 2.89. The van der Waals surface area contributed by atoms with Crippen LogP contribution >= 0.6 is 11.6 Å². The van der Waals surface area contributed by atoms with Crippen LogP contribution in [-0.2, 0) is 0 Å². The first-order valence-electron chi connectivity index (χ1n) is 5.33. The Morgan fingerprint density at radius 2 is 1.79 bits per heavy atom. The largest absolute Gasteiger partial charge is 0.464 e. The summed E-state index contributed by atoms with van der Waals surface area (Å²) in [5.41, 5.74) is 0.271. The number of para-hydroxylation sites is 1. The fraction of sp³-hybridized carbons (Fsp3) is 0. The van der Waals surface area contributed by atoms with Crippen molar-refractivity contribution >= 4 is 29.3 Å². The lowest BCUT2D eigenvalue weighted by atomic mass is 10.2. The predicted octanol–water partition coefficient (Wildman–Crippen LogP) is 3.06. The summed E-state index contributed by atoms with van der Waals surface area (Å²) in [6.07, 6.45) is -0.0762. The van der Waals surface area contributed by atoms with Gasteiger partial charge in [0.15, 0.2) is 0 Å². The second-order valence-corrected chi connectivity index (χ2v) is 4.06. The molecule has 0 saturated carbocycles. The summed E-state index contributed by atoms with van der Waals surface area (Å²) in [7, 11) is 0. The zero-order chi connectivity index (χ0) is 13.8. The maximum Gasteiger partial charge on any atom is 0.419 e. The van der Waals surface area contributed by atoms with E-state index in [1.807, 2.05) is 0 Å². The molecule has 5 nitrogen and oxygen atoms in total. The summed E-state index contributed by atoms with van der Waals surface area (Å²) in [6.45, 7) is 0. The van der Waals surface area contributed by atoms with Crippen LogP contribution in [0.5, 0.6) is 0 Å². The molecule has 2 amide bonds. The van der Waals surface area contributed by atoms with E-state index in [1.54, 1.807) is 18.2 Å². The number of imide groups is 1. The third-order valence-corrected chi connectivity index (χ3v) is 2.58. The van der Waals surface area contributed by atoms with Crippen LogP contribution in [0.1, 0.15) is 10.5 Å². The first-order valence-corrected chi connectivity index (χ1v) is 5.71. The molecule has 1 N–H and O–H groups in total. The van der Waals surface area contributed by atoms with Gasteiger partial charge in [-0.2, -0.15) is 0 Å². The van der Waals surface area contributed by atoms with Crippen LogP contribution < -0.4 is 4.90 Å². The number of amides is 2. The molecule has 1 heterocycles. The van der Waals surface area contributed by atoms with Crippen LogP contribution in [0, 0.1) is 0 Å². The van der Waals surface area contributed by atoms with Gasteiger partial charge in [-0.05, 0) is 24.3 Å². The Morgan fingerprint density at radius 3 is 2.32 bits per heavy atom. The van der Waals surface area contributed by atoms with E-state index in [0.717, 1.165) is 0 Å². The van der Waals surface area contributed by atoms with Crippen molar-refractivity contribution in [3.63, 3.8) is 0 Å². The molecule has 0 aliphatic carbocycles. The predicted molar refractivity (Wildman–Crippen MR) is 70.5 cm³/mol. The van der Waals surface area contributed by atoms with Crippen LogP contribution in [0.3, 0.4) is 0 Å². The summed E-state index contributed by atoms with van der Waals surface area (Å²) in [5.74, 6) is -0.727. The molecule has 2 aromatic rings. The molecule has 96 valence electrons. The van der Waals surface area contributed by atoms with Gasteiger partial charge >= 0.3 is 6.09 Å². The van der Waals surface area contributed by atoms with E-state index in [1.165, 1.54) is 30.5 Å². The Kier molecular flexibility index (Phi) is 3.77. The lowest BCUT2D eigenvalue weighted by Gasteiger charge is -2.16. The zero-order valence-corrected chi connectivity index (χ0v) is 10.4. The lowest BCUT2D eigenvalue weighted by Crippen LogP contribution is -2.36. The van der Waals surface area contributed by atoms with Crippen molar-refractivity contribution in [3.8, 4) is 0 Å². The Hall–Kier alpha value is -2.40. The highest BCUT2D eigenvalue weighted by atomic mass is 35.5. The highest BCUT2D eigenvalue weighted by Crippen LogP contribution is 2.17. The van der Waals surface area contributed by atoms with Gasteiger partial charge in [0.2, 0.25) is 0 Å². The number of hydrogen-bond acceptors (Lipinski definition) is 3. The second kappa shape index (κ2) is 5.49. The number of pyridine rings is 1. The van der Waals surface area contributed by atoms with Gasteiger partial charge in [0.25, 0.3) is 5.91 Å². The number of halogens is 1. The van der Waals surface area contributed by atoms with Crippen molar-refractivity contribution in [3.05, 3.63) is 59.4 Å². The van der Waals surface area contributed by atoms with Gasteiger partial charge in [-0.15, -0.1) is 0 Å². The molecule has 6 heteroatoms.